The lowest BCUT2D eigenvalue weighted by Crippen LogP contribution is -2.31. The van der Waals surface area contributed by atoms with Crippen molar-refractivity contribution in [1.29, 1.82) is 0 Å². The Kier molecular flexibility index (Phi) is 3.60. The second-order valence-electron chi connectivity index (χ2n) is 4.63. The Labute approximate surface area is 117 Å². The molecule has 0 atom stereocenters. The molecule has 0 saturated heterocycles. The number of nitrogens with two attached hydrogens (primary N) is 1. The van der Waals surface area contributed by atoms with E-state index in [-0.39, 0.29) is 0 Å². The molecule has 0 unspecified atom stereocenters. The number of nitrogens with zero attached hydrogens (tertiary/aromatic N) is 2. The van der Waals surface area contributed by atoms with Gasteiger partial charge in [0.05, 0.1) is 5.69 Å². The van der Waals surface area contributed by atoms with Gasteiger partial charge in [0.1, 0.15) is 0 Å². The summed E-state index contributed by atoms with van der Waals surface area (Å²) in [5, 5.41) is 0. The molecule has 2 aromatic rings. The molecule has 19 heavy (non-hydrogen) atoms. The lowest BCUT2D eigenvalue weighted by molar-refractivity contribution is 0.785. The van der Waals surface area contributed by atoms with Crippen LogP contribution >= 0.6 is 11.8 Å². The van der Waals surface area contributed by atoms with Crippen molar-refractivity contribution in [2.24, 2.45) is 0 Å². The Hall–Kier alpha value is -1.68. The highest BCUT2D eigenvalue weighted by atomic mass is 32.2. The molecule has 0 radical (unpaired) electrons. The first kappa shape index (κ1) is 12.4. The van der Waals surface area contributed by atoms with E-state index in [0.717, 1.165) is 36.6 Å². The van der Waals surface area contributed by atoms with Crippen molar-refractivity contribution in [3.63, 3.8) is 0 Å². The molecule has 1 aromatic heterocycles. The molecular formula is C15H17N3S. The summed E-state index contributed by atoms with van der Waals surface area (Å²) in [7, 11) is 0. The highest BCUT2D eigenvalue weighted by molar-refractivity contribution is 7.99. The fourth-order valence-corrected chi connectivity index (χ4v) is 3.35. The summed E-state index contributed by atoms with van der Waals surface area (Å²) >= 11 is 1.91. The van der Waals surface area contributed by atoms with E-state index in [4.69, 9.17) is 5.73 Å². The zero-order valence-electron chi connectivity index (χ0n) is 10.7. The summed E-state index contributed by atoms with van der Waals surface area (Å²) in [6.45, 7) is 2.07. The third kappa shape index (κ3) is 2.84. The van der Waals surface area contributed by atoms with E-state index in [2.05, 4.69) is 28.1 Å². The van der Waals surface area contributed by atoms with Gasteiger partial charge in [0, 0.05) is 47.7 Å². The van der Waals surface area contributed by atoms with Gasteiger partial charge in [-0.2, -0.15) is 0 Å². The Balaban J connectivity index is 1.75. The fraction of sp³-hybridized carbons (Fsp3) is 0.267. The molecule has 0 amide bonds. The number of thioether (sulfide) groups is 1. The molecule has 3 nitrogen and oxygen atoms in total. The predicted octanol–water partition coefficient (Wildman–Crippen LogP) is 2.82. The van der Waals surface area contributed by atoms with E-state index < -0.39 is 0 Å². The number of rotatable bonds is 3. The Morgan fingerprint density at radius 2 is 2.21 bits per heavy atom. The minimum atomic E-state index is 0.837. The lowest BCUT2D eigenvalue weighted by atomic mass is 10.2. The third-order valence-corrected chi connectivity index (χ3v) is 4.35. The topological polar surface area (TPSA) is 42.1 Å². The minimum absolute atomic E-state index is 0.837. The number of benzene rings is 1. The molecule has 4 heteroatoms. The van der Waals surface area contributed by atoms with Gasteiger partial charge in [0.15, 0.2) is 0 Å². The first-order valence-corrected chi connectivity index (χ1v) is 7.49. The molecule has 98 valence electrons. The van der Waals surface area contributed by atoms with E-state index in [1.54, 1.807) is 0 Å². The highest BCUT2D eigenvalue weighted by Gasteiger charge is 2.17. The van der Waals surface area contributed by atoms with Crippen molar-refractivity contribution < 1.29 is 0 Å². The number of hydrogen-bond acceptors (Lipinski definition) is 4. The molecule has 0 spiro atoms. The summed E-state index contributed by atoms with van der Waals surface area (Å²) < 4.78 is 0. The lowest BCUT2D eigenvalue weighted by Gasteiger charge is -2.31. The first-order valence-electron chi connectivity index (χ1n) is 6.50. The third-order valence-electron chi connectivity index (χ3n) is 3.31. The Bertz CT molecular complexity index is 557. The number of nitrogen functional groups attached to an aromatic ring is 1. The molecule has 0 aliphatic carbocycles. The SMILES string of the molecule is Nc1ccc2c(c1)N(CCc1ccccn1)CCS2. The Morgan fingerprint density at radius 1 is 1.26 bits per heavy atom. The molecule has 1 aliphatic rings. The van der Waals surface area contributed by atoms with Crippen LogP contribution in [0.1, 0.15) is 5.69 Å². The highest BCUT2D eigenvalue weighted by Crippen LogP contribution is 2.35. The summed E-state index contributed by atoms with van der Waals surface area (Å²) in [6, 6.07) is 12.3. The number of anilines is 2. The van der Waals surface area contributed by atoms with Crippen molar-refractivity contribution in [2.45, 2.75) is 11.3 Å². The average molecular weight is 271 g/mol. The van der Waals surface area contributed by atoms with Crippen molar-refractivity contribution in [3.8, 4) is 0 Å². The quantitative estimate of drug-likeness (QED) is 0.872. The second-order valence-corrected chi connectivity index (χ2v) is 5.77. The molecule has 1 aromatic carbocycles. The van der Waals surface area contributed by atoms with E-state index in [1.807, 2.05) is 36.2 Å². The van der Waals surface area contributed by atoms with Crippen LogP contribution in [0.15, 0.2) is 47.5 Å². The van der Waals surface area contributed by atoms with Crippen LogP contribution in [0.3, 0.4) is 0 Å². The largest absolute Gasteiger partial charge is 0.399 e. The smallest absolute Gasteiger partial charge is 0.0525 e. The van der Waals surface area contributed by atoms with Crippen LogP contribution in [0.4, 0.5) is 11.4 Å². The number of aromatic nitrogens is 1. The van der Waals surface area contributed by atoms with E-state index in [1.165, 1.54) is 10.6 Å². The summed E-state index contributed by atoms with van der Waals surface area (Å²) in [4.78, 5) is 8.13. The van der Waals surface area contributed by atoms with Gasteiger partial charge in [-0.3, -0.25) is 4.98 Å². The van der Waals surface area contributed by atoms with Gasteiger partial charge in [0.2, 0.25) is 0 Å². The van der Waals surface area contributed by atoms with Gasteiger partial charge in [0.25, 0.3) is 0 Å². The number of fused-ring (bicyclic) bond motifs is 1. The zero-order chi connectivity index (χ0) is 13.1. The van der Waals surface area contributed by atoms with Crippen LogP contribution in [0.2, 0.25) is 0 Å². The maximum atomic E-state index is 5.90. The second kappa shape index (κ2) is 5.53. The molecule has 0 fully saturated rings. The molecule has 0 bridgehead atoms. The molecule has 2 heterocycles. The fourth-order valence-electron chi connectivity index (χ4n) is 2.32. The van der Waals surface area contributed by atoms with Crippen LogP contribution in [-0.2, 0) is 6.42 Å². The molecular weight excluding hydrogens is 254 g/mol. The Morgan fingerprint density at radius 3 is 3.05 bits per heavy atom. The van der Waals surface area contributed by atoms with Crippen LogP contribution in [-0.4, -0.2) is 23.8 Å². The summed E-state index contributed by atoms with van der Waals surface area (Å²) in [5.74, 6) is 1.14. The monoisotopic (exact) mass is 271 g/mol. The summed E-state index contributed by atoms with van der Waals surface area (Å²) in [6.07, 6.45) is 2.83. The van der Waals surface area contributed by atoms with Crippen molar-refractivity contribution in [2.75, 3.05) is 29.5 Å². The zero-order valence-corrected chi connectivity index (χ0v) is 11.6. The van der Waals surface area contributed by atoms with Gasteiger partial charge < -0.3 is 10.6 Å². The number of pyridine rings is 1. The maximum Gasteiger partial charge on any atom is 0.0525 e. The van der Waals surface area contributed by atoms with Gasteiger partial charge in [-0.05, 0) is 30.3 Å². The van der Waals surface area contributed by atoms with Crippen LogP contribution < -0.4 is 10.6 Å². The van der Waals surface area contributed by atoms with Crippen LogP contribution in [0.25, 0.3) is 0 Å². The molecule has 3 rings (SSSR count). The molecule has 1 aliphatic heterocycles. The number of hydrogen-bond donors (Lipinski definition) is 1. The van der Waals surface area contributed by atoms with Gasteiger partial charge in [-0.1, -0.05) is 6.07 Å². The maximum absolute atomic E-state index is 5.90. The normalized spacial score (nSPS) is 14.2. The standard InChI is InChI=1S/C15H17N3S/c16-12-4-5-15-14(11-12)18(9-10-19-15)8-6-13-3-1-2-7-17-13/h1-5,7,11H,6,8-10,16H2. The van der Waals surface area contributed by atoms with Crippen molar-refractivity contribution >= 4 is 23.1 Å². The van der Waals surface area contributed by atoms with Crippen molar-refractivity contribution in [3.05, 3.63) is 48.3 Å². The van der Waals surface area contributed by atoms with Gasteiger partial charge >= 0.3 is 0 Å². The van der Waals surface area contributed by atoms with Crippen LogP contribution in [0, 0.1) is 0 Å². The van der Waals surface area contributed by atoms with Gasteiger partial charge in [-0.25, -0.2) is 0 Å². The van der Waals surface area contributed by atoms with Crippen LogP contribution in [0.5, 0.6) is 0 Å². The summed E-state index contributed by atoms with van der Waals surface area (Å²) in [5.41, 5.74) is 9.16. The predicted molar refractivity (Wildman–Crippen MR) is 81.7 cm³/mol. The molecule has 2 N–H and O–H groups in total. The minimum Gasteiger partial charge on any atom is -0.399 e. The van der Waals surface area contributed by atoms with E-state index in [0.29, 0.717) is 0 Å². The van der Waals surface area contributed by atoms with E-state index >= 15 is 0 Å². The first-order chi connectivity index (χ1) is 9.33. The van der Waals surface area contributed by atoms with Crippen molar-refractivity contribution in [1.82, 2.24) is 4.98 Å². The van der Waals surface area contributed by atoms with Gasteiger partial charge in [-0.15, -0.1) is 11.8 Å². The van der Waals surface area contributed by atoms with E-state index in [9.17, 15) is 0 Å². The average Bonchev–Trinajstić information content (AvgIpc) is 2.46. The molecule has 0 saturated carbocycles.